The number of carbonyl (C=O) groups excluding carboxylic acids is 1. The number of allylic oxidation sites excluding steroid dienone is 5. The SMILES string of the molecule is CCCC[C@@H](C)C=CC=C[C@@H]1[C@H]2CC(CCCCC(=O)N(C)C)=C[C@H]2C[C@H]1O. The van der Waals surface area contributed by atoms with Crippen LogP contribution < -0.4 is 0 Å². The third-order valence-corrected chi connectivity index (χ3v) is 6.48. The molecule has 0 heterocycles. The highest BCUT2D eigenvalue weighted by atomic mass is 16.3. The maximum atomic E-state index is 11.7. The van der Waals surface area contributed by atoms with Gasteiger partial charge >= 0.3 is 0 Å². The fraction of sp³-hybridized carbons (Fsp3) is 0.720. The Morgan fingerprint density at radius 3 is 2.79 bits per heavy atom. The van der Waals surface area contributed by atoms with Crippen LogP contribution in [0.5, 0.6) is 0 Å². The highest BCUT2D eigenvalue weighted by Gasteiger charge is 2.42. The fourth-order valence-corrected chi connectivity index (χ4v) is 4.71. The molecule has 5 atom stereocenters. The maximum absolute atomic E-state index is 11.7. The zero-order chi connectivity index (χ0) is 20.5. The Balaban J connectivity index is 1.76. The van der Waals surface area contributed by atoms with Crippen molar-refractivity contribution < 1.29 is 9.90 Å². The zero-order valence-electron chi connectivity index (χ0n) is 18.4. The van der Waals surface area contributed by atoms with Crippen LogP contribution >= 0.6 is 0 Å². The number of aliphatic hydroxyl groups is 1. The number of hydrogen-bond acceptors (Lipinski definition) is 2. The van der Waals surface area contributed by atoms with Crippen LogP contribution in [-0.4, -0.2) is 36.1 Å². The number of hydrogen-bond donors (Lipinski definition) is 1. The smallest absolute Gasteiger partial charge is 0.222 e. The second kappa shape index (κ2) is 11.6. The van der Waals surface area contributed by atoms with Crippen molar-refractivity contribution in [3.63, 3.8) is 0 Å². The first kappa shape index (κ1) is 22.9. The number of carbonyl (C=O) groups is 1. The molecule has 0 spiro atoms. The van der Waals surface area contributed by atoms with Crippen molar-refractivity contribution in [1.29, 1.82) is 0 Å². The summed E-state index contributed by atoms with van der Waals surface area (Å²) in [5, 5.41) is 10.5. The number of fused-ring (bicyclic) bond motifs is 1. The average Bonchev–Trinajstić information content (AvgIpc) is 3.17. The Morgan fingerprint density at radius 2 is 2.07 bits per heavy atom. The molecule has 1 N–H and O–H groups in total. The molecule has 2 rings (SSSR count). The zero-order valence-corrected chi connectivity index (χ0v) is 18.4. The Morgan fingerprint density at radius 1 is 1.29 bits per heavy atom. The van der Waals surface area contributed by atoms with Gasteiger partial charge in [0.15, 0.2) is 0 Å². The van der Waals surface area contributed by atoms with Gasteiger partial charge in [-0.25, -0.2) is 0 Å². The molecule has 2 aliphatic rings. The monoisotopic (exact) mass is 387 g/mol. The minimum atomic E-state index is -0.201. The molecule has 1 amide bonds. The van der Waals surface area contributed by atoms with Crippen LogP contribution in [0.4, 0.5) is 0 Å². The molecule has 0 bridgehead atoms. The van der Waals surface area contributed by atoms with Crippen LogP contribution in [0.1, 0.15) is 71.6 Å². The van der Waals surface area contributed by atoms with Crippen LogP contribution in [-0.2, 0) is 4.79 Å². The minimum Gasteiger partial charge on any atom is -0.392 e. The standard InChI is InChI=1S/C25H41NO2/c1-5-6-11-19(2)12-7-9-14-22-23-17-20(16-21(23)18-24(22)27)13-8-10-15-25(28)26(3)4/h7,9,12,14,16,19,21-24,27H,5-6,8,10-11,13,15,17-18H2,1-4H3/t19-,21+,22-,23+,24-/m1/s1. The molecule has 0 aliphatic heterocycles. The van der Waals surface area contributed by atoms with Crippen molar-refractivity contribution in [2.75, 3.05) is 14.1 Å². The summed E-state index contributed by atoms with van der Waals surface area (Å²) >= 11 is 0. The summed E-state index contributed by atoms with van der Waals surface area (Å²) < 4.78 is 0. The molecule has 0 aromatic rings. The van der Waals surface area contributed by atoms with E-state index in [1.54, 1.807) is 10.5 Å². The van der Waals surface area contributed by atoms with Crippen molar-refractivity contribution in [3.8, 4) is 0 Å². The number of rotatable bonds is 11. The van der Waals surface area contributed by atoms with Crippen molar-refractivity contribution in [3.05, 3.63) is 36.0 Å². The van der Waals surface area contributed by atoms with Gasteiger partial charge in [0, 0.05) is 26.4 Å². The van der Waals surface area contributed by atoms with Gasteiger partial charge in [-0.05, 0) is 56.3 Å². The molecule has 0 aromatic carbocycles. The van der Waals surface area contributed by atoms with Crippen LogP contribution in [0.15, 0.2) is 36.0 Å². The average molecular weight is 388 g/mol. The topological polar surface area (TPSA) is 40.5 Å². The summed E-state index contributed by atoms with van der Waals surface area (Å²) in [6.45, 7) is 4.52. The number of amides is 1. The predicted molar refractivity (Wildman–Crippen MR) is 118 cm³/mol. The van der Waals surface area contributed by atoms with E-state index in [0.29, 0.717) is 24.2 Å². The van der Waals surface area contributed by atoms with Crippen molar-refractivity contribution in [2.24, 2.45) is 23.7 Å². The molecule has 1 fully saturated rings. The van der Waals surface area contributed by atoms with Gasteiger partial charge in [-0.1, -0.05) is 62.6 Å². The Bertz CT molecular complexity index is 575. The molecule has 0 aromatic heterocycles. The summed E-state index contributed by atoms with van der Waals surface area (Å²) in [6, 6.07) is 0. The highest BCUT2D eigenvalue weighted by Crippen LogP contribution is 2.48. The number of aliphatic hydroxyl groups excluding tert-OH is 1. The van der Waals surface area contributed by atoms with E-state index in [-0.39, 0.29) is 17.9 Å². The third-order valence-electron chi connectivity index (χ3n) is 6.48. The maximum Gasteiger partial charge on any atom is 0.222 e. The van der Waals surface area contributed by atoms with Gasteiger partial charge in [-0.2, -0.15) is 0 Å². The van der Waals surface area contributed by atoms with Gasteiger partial charge in [0.25, 0.3) is 0 Å². The van der Waals surface area contributed by atoms with E-state index in [1.165, 1.54) is 19.3 Å². The van der Waals surface area contributed by atoms with E-state index < -0.39 is 0 Å². The lowest BCUT2D eigenvalue weighted by molar-refractivity contribution is -0.128. The van der Waals surface area contributed by atoms with Gasteiger partial charge in [0.1, 0.15) is 0 Å². The van der Waals surface area contributed by atoms with Gasteiger partial charge in [-0.3, -0.25) is 4.79 Å². The van der Waals surface area contributed by atoms with E-state index >= 15 is 0 Å². The molecular formula is C25H41NO2. The summed E-state index contributed by atoms with van der Waals surface area (Å²) in [5.41, 5.74) is 1.54. The molecule has 1 saturated carbocycles. The van der Waals surface area contributed by atoms with Crippen molar-refractivity contribution >= 4 is 5.91 Å². The Labute approximate surface area is 172 Å². The fourth-order valence-electron chi connectivity index (χ4n) is 4.71. The number of nitrogens with zero attached hydrogens (tertiary/aromatic N) is 1. The lowest BCUT2D eigenvalue weighted by Crippen LogP contribution is -2.21. The number of unbranched alkanes of at least 4 members (excludes halogenated alkanes) is 2. The van der Waals surface area contributed by atoms with Gasteiger partial charge < -0.3 is 10.0 Å². The van der Waals surface area contributed by atoms with Crippen molar-refractivity contribution in [1.82, 2.24) is 4.90 Å². The van der Waals surface area contributed by atoms with Crippen LogP contribution in [0.25, 0.3) is 0 Å². The second-order valence-electron chi connectivity index (χ2n) is 9.12. The summed E-state index contributed by atoms with van der Waals surface area (Å²) in [5.74, 6) is 2.24. The van der Waals surface area contributed by atoms with Gasteiger partial charge in [0.05, 0.1) is 6.10 Å². The first-order valence-corrected chi connectivity index (χ1v) is 11.3. The molecule has 0 radical (unpaired) electrons. The van der Waals surface area contributed by atoms with Crippen LogP contribution in [0.3, 0.4) is 0 Å². The molecule has 28 heavy (non-hydrogen) atoms. The van der Waals surface area contributed by atoms with Crippen LogP contribution in [0, 0.1) is 23.7 Å². The van der Waals surface area contributed by atoms with Gasteiger partial charge in [-0.15, -0.1) is 0 Å². The second-order valence-corrected chi connectivity index (χ2v) is 9.12. The van der Waals surface area contributed by atoms with Crippen LogP contribution in [0.2, 0.25) is 0 Å². The molecule has 3 heteroatoms. The summed E-state index contributed by atoms with van der Waals surface area (Å²) in [6.07, 6.45) is 20.7. The Kier molecular flexibility index (Phi) is 9.50. The first-order chi connectivity index (χ1) is 13.4. The molecular weight excluding hydrogens is 346 g/mol. The summed E-state index contributed by atoms with van der Waals surface area (Å²) in [4.78, 5) is 13.3. The van der Waals surface area contributed by atoms with E-state index in [2.05, 4.69) is 44.2 Å². The quantitative estimate of drug-likeness (QED) is 0.288. The van der Waals surface area contributed by atoms with E-state index in [9.17, 15) is 9.90 Å². The van der Waals surface area contributed by atoms with E-state index in [0.717, 1.165) is 32.1 Å². The van der Waals surface area contributed by atoms with Gasteiger partial charge in [0.2, 0.25) is 5.91 Å². The lowest BCUT2D eigenvalue weighted by atomic mass is 9.88. The lowest BCUT2D eigenvalue weighted by Gasteiger charge is -2.18. The first-order valence-electron chi connectivity index (χ1n) is 11.3. The molecule has 0 saturated heterocycles. The Hall–Kier alpha value is -1.35. The predicted octanol–water partition coefficient (Wildman–Crippen LogP) is 5.52. The third kappa shape index (κ3) is 6.92. The molecule has 2 aliphatic carbocycles. The summed E-state index contributed by atoms with van der Waals surface area (Å²) in [7, 11) is 3.64. The normalized spacial score (nSPS) is 28.1. The molecule has 3 nitrogen and oxygen atoms in total. The largest absolute Gasteiger partial charge is 0.392 e. The highest BCUT2D eigenvalue weighted by molar-refractivity contribution is 5.75. The minimum absolute atomic E-state index is 0.201. The van der Waals surface area contributed by atoms with E-state index in [4.69, 9.17) is 0 Å². The molecule has 158 valence electrons. The molecule has 0 unspecified atom stereocenters. The van der Waals surface area contributed by atoms with Crippen molar-refractivity contribution in [2.45, 2.75) is 77.7 Å². The van der Waals surface area contributed by atoms with E-state index in [1.807, 2.05) is 14.1 Å².